The van der Waals surface area contributed by atoms with E-state index in [4.69, 9.17) is 0 Å². The van der Waals surface area contributed by atoms with Crippen LogP contribution in [-0.2, 0) is 5.41 Å². The van der Waals surface area contributed by atoms with E-state index in [0.717, 1.165) is 11.3 Å². The van der Waals surface area contributed by atoms with Crippen molar-refractivity contribution in [2.45, 2.75) is 19.3 Å². The Bertz CT molecular complexity index is 789. The quantitative estimate of drug-likeness (QED) is 0.654. The third kappa shape index (κ3) is 1.50. The minimum absolute atomic E-state index is 0.0470. The summed E-state index contributed by atoms with van der Waals surface area (Å²) in [6, 6.07) is 15.3. The third-order valence-electron chi connectivity index (χ3n) is 4.24. The molecule has 0 fully saturated rings. The van der Waals surface area contributed by atoms with E-state index in [-0.39, 0.29) is 5.41 Å². The maximum atomic E-state index is 4.18. The van der Waals surface area contributed by atoms with Gasteiger partial charge in [0.15, 0.2) is 0 Å². The van der Waals surface area contributed by atoms with Gasteiger partial charge in [0.2, 0.25) is 0 Å². The Morgan fingerprint density at radius 3 is 2.55 bits per heavy atom. The van der Waals surface area contributed by atoms with Crippen LogP contribution < -0.4 is 0 Å². The fourth-order valence-electron chi connectivity index (χ4n) is 3.15. The largest absolute Gasteiger partial charge is 0.138 e. The van der Waals surface area contributed by atoms with Crippen LogP contribution in [0.5, 0.6) is 0 Å². The molecule has 0 saturated heterocycles. The summed E-state index contributed by atoms with van der Waals surface area (Å²) in [5.41, 5.74) is 7.65. The van der Waals surface area contributed by atoms with Crippen LogP contribution >= 0.6 is 11.5 Å². The van der Waals surface area contributed by atoms with Crippen LogP contribution in [0, 0.1) is 0 Å². The standard InChI is InChI=1S/C17H14N2S/c1-17(2)14-6-4-3-5-12(14)13-8-7-11(9-15(13)17)16-10-20-19-18-16/h3-10H,1-2H3. The molecule has 0 aliphatic heterocycles. The molecule has 0 saturated carbocycles. The van der Waals surface area contributed by atoms with E-state index < -0.39 is 0 Å². The molecule has 20 heavy (non-hydrogen) atoms. The van der Waals surface area contributed by atoms with Gasteiger partial charge in [-0.25, -0.2) is 0 Å². The summed E-state index contributed by atoms with van der Waals surface area (Å²) in [5, 5.41) is 6.17. The lowest BCUT2D eigenvalue weighted by atomic mass is 9.82. The molecular weight excluding hydrogens is 264 g/mol. The van der Waals surface area contributed by atoms with Crippen LogP contribution in [0.25, 0.3) is 22.4 Å². The number of fused-ring (bicyclic) bond motifs is 3. The highest BCUT2D eigenvalue weighted by molar-refractivity contribution is 7.03. The lowest BCUT2D eigenvalue weighted by Crippen LogP contribution is -2.14. The lowest BCUT2D eigenvalue weighted by Gasteiger charge is -2.21. The smallest absolute Gasteiger partial charge is 0.105 e. The van der Waals surface area contributed by atoms with Crippen molar-refractivity contribution in [1.82, 2.24) is 9.59 Å². The zero-order chi connectivity index (χ0) is 13.7. The Kier molecular flexibility index (Phi) is 2.36. The van der Waals surface area contributed by atoms with Crippen LogP contribution in [0.1, 0.15) is 25.0 Å². The maximum Gasteiger partial charge on any atom is 0.105 e. The van der Waals surface area contributed by atoms with Crippen molar-refractivity contribution in [2.75, 3.05) is 0 Å². The SMILES string of the molecule is CC1(C)c2ccccc2-c2ccc(-c3csnn3)cc21. The van der Waals surface area contributed by atoms with Crippen molar-refractivity contribution in [1.29, 1.82) is 0 Å². The first kappa shape index (κ1) is 11.8. The predicted octanol–water partition coefficient (Wildman–Crippen LogP) is 4.51. The Hall–Kier alpha value is -2.00. The zero-order valence-electron chi connectivity index (χ0n) is 11.4. The predicted molar refractivity (Wildman–Crippen MR) is 82.9 cm³/mol. The Balaban J connectivity index is 1.97. The van der Waals surface area contributed by atoms with Crippen LogP contribution in [0.15, 0.2) is 47.8 Å². The molecule has 0 bridgehead atoms. The van der Waals surface area contributed by atoms with E-state index in [9.17, 15) is 0 Å². The summed E-state index contributed by atoms with van der Waals surface area (Å²) in [7, 11) is 0. The molecule has 2 nitrogen and oxygen atoms in total. The minimum atomic E-state index is 0.0470. The molecule has 1 heterocycles. The van der Waals surface area contributed by atoms with E-state index in [1.807, 2.05) is 5.38 Å². The normalized spacial score (nSPS) is 14.9. The molecule has 0 spiro atoms. The van der Waals surface area contributed by atoms with Gasteiger partial charge in [0, 0.05) is 16.4 Å². The van der Waals surface area contributed by atoms with Gasteiger partial charge in [-0.1, -0.05) is 54.7 Å². The van der Waals surface area contributed by atoms with Gasteiger partial charge < -0.3 is 0 Å². The van der Waals surface area contributed by atoms with Crippen molar-refractivity contribution in [3.05, 3.63) is 59.0 Å². The van der Waals surface area contributed by atoms with E-state index >= 15 is 0 Å². The summed E-state index contributed by atoms with van der Waals surface area (Å²) in [4.78, 5) is 0. The monoisotopic (exact) mass is 278 g/mol. The molecule has 0 amide bonds. The molecule has 1 aliphatic carbocycles. The second-order valence-electron chi connectivity index (χ2n) is 5.72. The number of hydrogen-bond acceptors (Lipinski definition) is 3. The fraction of sp³-hybridized carbons (Fsp3) is 0.176. The molecule has 3 heteroatoms. The molecule has 2 aromatic carbocycles. The number of aromatic nitrogens is 2. The zero-order valence-corrected chi connectivity index (χ0v) is 12.2. The van der Waals surface area contributed by atoms with Crippen LogP contribution in [0.4, 0.5) is 0 Å². The summed E-state index contributed by atoms with van der Waals surface area (Å²) in [6.45, 7) is 4.58. The highest BCUT2D eigenvalue weighted by atomic mass is 32.1. The first-order valence-electron chi connectivity index (χ1n) is 6.70. The molecule has 0 radical (unpaired) electrons. The van der Waals surface area contributed by atoms with Crippen molar-refractivity contribution < 1.29 is 0 Å². The second kappa shape index (κ2) is 4.00. The first-order valence-corrected chi connectivity index (χ1v) is 7.53. The number of hydrogen-bond donors (Lipinski definition) is 0. The van der Waals surface area contributed by atoms with Crippen molar-refractivity contribution >= 4 is 11.5 Å². The Labute approximate surface area is 122 Å². The van der Waals surface area contributed by atoms with Gasteiger partial charge in [-0.3, -0.25) is 0 Å². The molecule has 0 unspecified atom stereocenters. The Morgan fingerprint density at radius 2 is 1.75 bits per heavy atom. The summed E-state index contributed by atoms with van der Waals surface area (Å²) < 4.78 is 3.96. The summed E-state index contributed by atoms with van der Waals surface area (Å²) in [5.74, 6) is 0. The van der Waals surface area contributed by atoms with Gasteiger partial charge in [0.05, 0.1) is 0 Å². The average molecular weight is 278 g/mol. The van der Waals surface area contributed by atoms with Crippen LogP contribution in [-0.4, -0.2) is 9.59 Å². The van der Waals surface area contributed by atoms with Crippen LogP contribution in [0.3, 0.4) is 0 Å². The van der Waals surface area contributed by atoms with E-state index in [2.05, 4.69) is 65.9 Å². The average Bonchev–Trinajstić information content (AvgIpc) is 3.07. The summed E-state index contributed by atoms with van der Waals surface area (Å²) >= 11 is 1.39. The van der Waals surface area contributed by atoms with Gasteiger partial charge in [0.1, 0.15) is 5.69 Å². The van der Waals surface area contributed by atoms with E-state index in [0.29, 0.717) is 0 Å². The van der Waals surface area contributed by atoms with Gasteiger partial charge in [0.25, 0.3) is 0 Å². The van der Waals surface area contributed by atoms with Crippen molar-refractivity contribution in [3.63, 3.8) is 0 Å². The highest BCUT2D eigenvalue weighted by Gasteiger charge is 2.35. The molecule has 0 N–H and O–H groups in total. The number of rotatable bonds is 1. The summed E-state index contributed by atoms with van der Waals surface area (Å²) in [6.07, 6.45) is 0. The lowest BCUT2D eigenvalue weighted by molar-refractivity contribution is 0.660. The molecule has 4 rings (SSSR count). The van der Waals surface area contributed by atoms with E-state index in [1.165, 1.54) is 33.8 Å². The van der Waals surface area contributed by atoms with Crippen molar-refractivity contribution in [2.24, 2.45) is 0 Å². The molecule has 98 valence electrons. The fourth-order valence-corrected chi connectivity index (χ4v) is 3.62. The van der Waals surface area contributed by atoms with Gasteiger partial charge in [-0.05, 0) is 39.9 Å². The number of nitrogens with zero attached hydrogens (tertiary/aromatic N) is 2. The van der Waals surface area contributed by atoms with Crippen molar-refractivity contribution in [3.8, 4) is 22.4 Å². The number of benzene rings is 2. The second-order valence-corrected chi connectivity index (χ2v) is 6.33. The highest BCUT2D eigenvalue weighted by Crippen LogP contribution is 2.49. The van der Waals surface area contributed by atoms with Crippen LogP contribution in [0.2, 0.25) is 0 Å². The first-order chi connectivity index (χ1) is 9.68. The minimum Gasteiger partial charge on any atom is -0.138 e. The third-order valence-corrected chi connectivity index (χ3v) is 4.74. The van der Waals surface area contributed by atoms with Gasteiger partial charge >= 0.3 is 0 Å². The topological polar surface area (TPSA) is 25.8 Å². The molecular formula is C17H14N2S. The van der Waals surface area contributed by atoms with E-state index in [1.54, 1.807) is 0 Å². The molecule has 1 aliphatic rings. The maximum absolute atomic E-state index is 4.18. The molecule has 0 atom stereocenters. The molecule has 3 aromatic rings. The Morgan fingerprint density at radius 1 is 0.950 bits per heavy atom. The van der Waals surface area contributed by atoms with Gasteiger partial charge in [-0.2, -0.15) is 0 Å². The molecule has 1 aromatic heterocycles. The van der Waals surface area contributed by atoms with Gasteiger partial charge in [-0.15, -0.1) is 5.10 Å².